The number of carbonyl (C=O) groups is 3. The molecule has 0 amide bonds. The highest BCUT2D eigenvalue weighted by Gasteiger charge is 2.28. The van der Waals surface area contributed by atoms with Crippen molar-refractivity contribution >= 4 is 17.9 Å². The maximum atomic E-state index is 12.4. The minimum absolute atomic E-state index is 0.320. The van der Waals surface area contributed by atoms with E-state index in [1.807, 2.05) is 12.1 Å². The lowest BCUT2D eigenvalue weighted by atomic mass is 10.0. The summed E-state index contributed by atoms with van der Waals surface area (Å²) in [7, 11) is 0. The largest absolute Gasteiger partial charge is 0.442 e. The SMILES string of the molecule is CC(=O)OC(=O)C(OC(=O)c1ccc(C(C)C)cc1)c1ccccc1. The second kappa shape index (κ2) is 8.24. The number of hydrogen-bond donors (Lipinski definition) is 0. The number of esters is 3. The zero-order chi connectivity index (χ0) is 18.4. The van der Waals surface area contributed by atoms with E-state index in [1.165, 1.54) is 0 Å². The van der Waals surface area contributed by atoms with Crippen LogP contribution in [0.1, 0.15) is 54.3 Å². The maximum Gasteiger partial charge on any atom is 0.359 e. The van der Waals surface area contributed by atoms with E-state index in [2.05, 4.69) is 18.6 Å². The van der Waals surface area contributed by atoms with Crippen molar-refractivity contribution in [2.24, 2.45) is 0 Å². The molecule has 130 valence electrons. The monoisotopic (exact) mass is 340 g/mol. The molecule has 5 heteroatoms. The van der Waals surface area contributed by atoms with Gasteiger partial charge in [0.2, 0.25) is 6.10 Å². The highest BCUT2D eigenvalue weighted by molar-refractivity contribution is 5.93. The standard InChI is InChI=1S/C20H20O5/c1-13(2)15-9-11-17(12-10-15)19(22)25-18(20(23)24-14(3)21)16-7-5-4-6-8-16/h4-13,18H,1-3H3. The summed E-state index contributed by atoms with van der Waals surface area (Å²) in [4.78, 5) is 35.6. The molecular weight excluding hydrogens is 320 g/mol. The lowest BCUT2D eigenvalue weighted by molar-refractivity contribution is -0.165. The molecule has 0 fully saturated rings. The van der Waals surface area contributed by atoms with E-state index in [4.69, 9.17) is 4.74 Å². The Kier molecular flexibility index (Phi) is 6.06. The van der Waals surface area contributed by atoms with Crippen LogP contribution in [0, 0.1) is 0 Å². The summed E-state index contributed by atoms with van der Waals surface area (Å²) in [6, 6.07) is 15.4. The molecule has 0 spiro atoms. The van der Waals surface area contributed by atoms with Crippen molar-refractivity contribution in [1.82, 2.24) is 0 Å². The zero-order valence-electron chi connectivity index (χ0n) is 14.4. The van der Waals surface area contributed by atoms with Crippen molar-refractivity contribution < 1.29 is 23.9 Å². The summed E-state index contributed by atoms with van der Waals surface area (Å²) >= 11 is 0. The third-order valence-electron chi connectivity index (χ3n) is 3.60. The lowest BCUT2D eigenvalue weighted by Gasteiger charge is -2.16. The van der Waals surface area contributed by atoms with Gasteiger partial charge >= 0.3 is 17.9 Å². The van der Waals surface area contributed by atoms with Crippen LogP contribution in [0.3, 0.4) is 0 Å². The van der Waals surface area contributed by atoms with Crippen LogP contribution >= 0.6 is 0 Å². The molecular formula is C20H20O5. The Bertz CT molecular complexity index is 747. The normalized spacial score (nSPS) is 11.7. The Hall–Kier alpha value is -2.95. The van der Waals surface area contributed by atoms with E-state index in [-0.39, 0.29) is 0 Å². The van der Waals surface area contributed by atoms with Crippen molar-refractivity contribution in [2.45, 2.75) is 32.8 Å². The minimum atomic E-state index is -1.30. The fraction of sp³-hybridized carbons (Fsp3) is 0.250. The predicted molar refractivity (Wildman–Crippen MR) is 91.9 cm³/mol. The Morgan fingerprint density at radius 2 is 1.44 bits per heavy atom. The van der Waals surface area contributed by atoms with Gasteiger partial charge in [-0.2, -0.15) is 0 Å². The second-order valence-electron chi connectivity index (χ2n) is 5.89. The topological polar surface area (TPSA) is 69.7 Å². The first-order chi connectivity index (χ1) is 11.9. The quantitative estimate of drug-likeness (QED) is 0.612. The van der Waals surface area contributed by atoms with Crippen molar-refractivity contribution in [3.05, 3.63) is 71.3 Å². The number of rotatable bonds is 5. The van der Waals surface area contributed by atoms with Crippen molar-refractivity contribution in [3.63, 3.8) is 0 Å². The van der Waals surface area contributed by atoms with Gasteiger partial charge in [0.15, 0.2) is 0 Å². The average Bonchev–Trinajstić information content (AvgIpc) is 2.59. The number of carbonyl (C=O) groups excluding carboxylic acids is 3. The van der Waals surface area contributed by atoms with Gasteiger partial charge < -0.3 is 9.47 Å². The molecule has 2 aromatic carbocycles. The summed E-state index contributed by atoms with van der Waals surface area (Å²) in [5.41, 5.74) is 1.84. The van der Waals surface area contributed by atoms with E-state index in [0.29, 0.717) is 17.0 Å². The summed E-state index contributed by atoms with van der Waals surface area (Å²) < 4.78 is 9.92. The van der Waals surface area contributed by atoms with E-state index >= 15 is 0 Å². The molecule has 0 aliphatic heterocycles. The van der Waals surface area contributed by atoms with Gasteiger partial charge in [-0.25, -0.2) is 9.59 Å². The lowest BCUT2D eigenvalue weighted by Crippen LogP contribution is -2.23. The zero-order valence-corrected chi connectivity index (χ0v) is 14.4. The summed E-state index contributed by atoms with van der Waals surface area (Å²) in [6.45, 7) is 5.22. The van der Waals surface area contributed by atoms with Crippen LogP contribution in [-0.2, 0) is 19.1 Å². The summed E-state index contributed by atoms with van der Waals surface area (Å²) in [5, 5.41) is 0. The smallest absolute Gasteiger partial charge is 0.359 e. The van der Waals surface area contributed by atoms with Crippen molar-refractivity contribution in [3.8, 4) is 0 Å². The van der Waals surface area contributed by atoms with Crippen LogP contribution < -0.4 is 0 Å². The summed E-state index contributed by atoms with van der Waals surface area (Å²) in [5.74, 6) is -2.01. The molecule has 0 N–H and O–H groups in total. The Labute approximate surface area is 146 Å². The molecule has 0 aliphatic carbocycles. The van der Waals surface area contributed by atoms with Crippen LogP contribution in [0.4, 0.5) is 0 Å². The number of hydrogen-bond acceptors (Lipinski definition) is 5. The number of ether oxygens (including phenoxy) is 2. The Balaban J connectivity index is 2.22. The highest BCUT2D eigenvalue weighted by Crippen LogP contribution is 2.22. The number of benzene rings is 2. The maximum absolute atomic E-state index is 12.4. The van der Waals surface area contributed by atoms with E-state index in [9.17, 15) is 14.4 Å². The molecule has 0 radical (unpaired) electrons. The minimum Gasteiger partial charge on any atom is -0.442 e. The third kappa shape index (κ3) is 5.01. The van der Waals surface area contributed by atoms with Gasteiger partial charge in [-0.1, -0.05) is 56.3 Å². The molecule has 1 unspecified atom stereocenters. The van der Waals surface area contributed by atoms with Crippen LogP contribution in [0.15, 0.2) is 54.6 Å². The first-order valence-electron chi connectivity index (χ1n) is 7.96. The highest BCUT2D eigenvalue weighted by atomic mass is 16.6. The van der Waals surface area contributed by atoms with Gasteiger partial charge in [-0.05, 0) is 23.6 Å². The Morgan fingerprint density at radius 1 is 0.840 bits per heavy atom. The van der Waals surface area contributed by atoms with Crippen LogP contribution in [0.2, 0.25) is 0 Å². The molecule has 0 aliphatic rings. The molecule has 2 aromatic rings. The fourth-order valence-electron chi connectivity index (χ4n) is 2.25. The van der Waals surface area contributed by atoms with Gasteiger partial charge in [0.05, 0.1) is 5.56 Å². The van der Waals surface area contributed by atoms with Gasteiger partial charge in [0, 0.05) is 12.5 Å². The molecule has 0 heterocycles. The van der Waals surface area contributed by atoms with E-state index in [1.54, 1.807) is 42.5 Å². The van der Waals surface area contributed by atoms with Crippen molar-refractivity contribution in [1.29, 1.82) is 0 Å². The van der Waals surface area contributed by atoms with Crippen molar-refractivity contribution in [2.75, 3.05) is 0 Å². The van der Waals surface area contributed by atoms with Gasteiger partial charge in [0.25, 0.3) is 0 Å². The summed E-state index contributed by atoms with van der Waals surface area (Å²) in [6.07, 6.45) is -1.30. The fourth-order valence-corrected chi connectivity index (χ4v) is 2.25. The molecule has 1 atom stereocenters. The van der Waals surface area contributed by atoms with Gasteiger partial charge in [0.1, 0.15) is 0 Å². The first-order valence-corrected chi connectivity index (χ1v) is 7.96. The van der Waals surface area contributed by atoms with Crippen LogP contribution in [-0.4, -0.2) is 17.9 Å². The van der Waals surface area contributed by atoms with Gasteiger partial charge in [-0.15, -0.1) is 0 Å². The third-order valence-corrected chi connectivity index (χ3v) is 3.60. The molecule has 25 heavy (non-hydrogen) atoms. The molecule has 0 bridgehead atoms. The molecule has 0 saturated heterocycles. The van der Waals surface area contributed by atoms with E-state index in [0.717, 1.165) is 12.5 Å². The molecule has 5 nitrogen and oxygen atoms in total. The second-order valence-corrected chi connectivity index (χ2v) is 5.89. The van der Waals surface area contributed by atoms with Crippen LogP contribution in [0.5, 0.6) is 0 Å². The first kappa shape index (κ1) is 18.4. The Morgan fingerprint density at radius 3 is 1.96 bits per heavy atom. The molecule has 0 aromatic heterocycles. The predicted octanol–water partition coefficient (Wildman–Crippen LogP) is 3.80. The molecule has 0 saturated carbocycles. The average molecular weight is 340 g/mol. The molecule has 2 rings (SSSR count). The van der Waals surface area contributed by atoms with Crippen LogP contribution in [0.25, 0.3) is 0 Å². The van der Waals surface area contributed by atoms with Gasteiger partial charge in [-0.3, -0.25) is 4.79 Å². The van der Waals surface area contributed by atoms with E-state index < -0.39 is 24.0 Å².